The lowest BCUT2D eigenvalue weighted by atomic mass is 10.1. The molecule has 0 aliphatic carbocycles. The van der Waals surface area contributed by atoms with Crippen LogP contribution in [-0.2, 0) is 4.79 Å². The Hall–Kier alpha value is -1.10. The maximum Gasteiger partial charge on any atom is 0.308 e. The first-order valence-electron chi connectivity index (χ1n) is 4.78. The number of carbonyl (C=O) groups excluding carboxylic acids is 1. The Morgan fingerprint density at radius 1 is 1.56 bits per heavy atom. The van der Waals surface area contributed by atoms with Gasteiger partial charge in [-0.05, 0) is 24.1 Å². The monoisotopic (exact) mass is 245 g/mol. The number of nitrogens with two attached hydrogens (primary N) is 1. The average Bonchev–Trinajstić information content (AvgIpc) is 2.17. The van der Waals surface area contributed by atoms with Crippen molar-refractivity contribution in [1.29, 1.82) is 0 Å². The summed E-state index contributed by atoms with van der Waals surface area (Å²) in [6, 6.07) is 6.78. The molecule has 0 spiro atoms. The van der Waals surface area contributed by atoms with E-state index in [9.17, 15) is 4.79 Å². The molecule has 3 N–H and O–H groups in total. The van der Waals surface area contributed by atoms with Gasteiger partial charge in [-0.1, -0.05) is 12.1 Å². The van der Waals surface area contributed by atoms with Crippen molar-refractivity contribution in [3.63, 3.8) is 0 Å². The van der Waals surface area contributed by atoms with Crippen molar-refractivity contribution in [1.82, 2.24) is 0 Å². The minimum Gasteiger partial charge on any atom is -0.427 e. The number of benzene rings is 1. The Kier molecular flexibility index (Phi) is 6.72. The third-order valence-electron chi connectivity index (χ3n) is 1.99. The van der Waals surface area contributed by atoms with Crippen LogP contribution in [0.15, 0.2) is 24.3 Å². The van der Waals surface area contributed by atoms with Crippen LogP contribution in [0.4, 0.5) is 0 Å². The maximum atomic E-state index is 10.7. The van der Waals surface area contributed by atoms with Crippen LogP contribution in [0.2, 0.25) is 0 Å². The van der Waals surface area contributed by atoms with Crippen molar-refractivity contribution in [3.8, 4) is 5.75 Å². The second kappa shape index (κ2) is 7.22. The number of halogens is 1. The van der Waals surface area contributed by atoms with Crippen molar-refractivity contribution in [2.75, 3.05) is 6.61 Å². The smallest absolute Gasteiger partial charge is 0.308 e. The molecule has 0 unspecified atom stereocenters. The predicted molar refractivity (Wildman–Crippen MR) is 63.6 cm³/mol. The molecule has 0 saturated heterocycles. The van der Waals surface area contributed by atoms with Gasteiger partial charge in [0.25, 0.3) is 0 Å². The van der Waals surface area contributed by atoms with Crippen molar-refractivity contribution >= 4 is 18.4 Å². The Morgan fingerprint density at radius 2 is 2.25 bits per heavy atom. The van der Waals surface area contributed by atoms with Crippen LogP contribution in [0, 0.1) is 0 Å². The fourth-order valence-electron chi connectivity index (χ4n) is 1.28. The van der Waals surface area contributed by atoms with E-state index < -0.39 is 0 Å². The Labute approximate surface area is 101 Å². The van der Waals surface area contributed by atoms with Gasteiger partial charge >= 0.3 is 5.97 Å². The molecule has 0 heterocycles. The van der Waals surface area contributed by atoms with E-state index in [1.165, 1.54) is 6.92 Å². The average molecular weight is 246 g/mol. The molecule has 1 rings (SSSR count). The van der Waals surface area contributed by atoms with Gasteiger partial charge in [0.15, 0.2) is 0 Å². The largest absolute Gasteiger partial charge is 0.427 e. The first kappa shape index (κ1) is 14.9. The molecule has 0 amide bonds. The van der Waals surface area contributed by atoms with Gasteiger partial charge in [0.1, 0.15) is 5.75 Å². The second-order valence-corrected chi connectivity index (χ2v) is 3.28. The van der Waals surface area contributed by atoms with Crippen LogP contribution < -0.4 is 10.5 Å². The molecule has 0 aliphatic rings. The number of hydrogen-bond donors (Lipinski definition) is 2. The summed E-state index contributed by atoms with van der Waals surface area (Å²) >= 11 is 0. The molecule has 1 atom stereocenters. The first-order valence-corrected chi connectivity index (χ1v) is 4.78. The topological polar surface area (TPSA) is 72.5 Å². The zero-order valence-electron chi connectivity index (χ0n) is 9.05. The Morgan fingerprint density at radius 3 is 2.81 bits per heavy atom. The standard InChI is InChI=1S/C11H15NO3.ClH/c1-8(14)15-10-4-2-3-9(7-10)11(12)5-6-13;/h2-4,7,11,13H,5-6,12H2,1H3;1H/t11-;/m1./s1. The Bertz CT molecular complexity index is 344. The van der Waals surface area contributed by atoms with Crippen molar-refractivity contribution in [3.05, 3.63) is 29.8 Å². The fourth-order valence-corrected chi connectivity index (χ4v) is 1.28. The summed E-state index contributed by atoms with van der Waals surface area (Å²) in [5.74, 6) is 0.122. The summed E-state index contributed by atoms with van der Waals surface area (Å²) in [4.78, 5) is 10.7. The van der Waals surface area contributed by atoms with E-state index in [0.717, 1.165) is 5.56 Å². The molecule has 1 aromatic carbocycles. The molecule has 1 aromatic rings. The molecular weight excluding hydrogens is 230 g/mol. The Balaban J connectivity index is 0.00000225. The highest BCUT2D eigenvalue weighted by atomic mass is 35.5. The minimum atomic E-state index is -0.358. The van der Waals surface area contributed by atoms with E-state index in [4.69, 9.17) is 15.6 Å². The van der Waals surface area contributed by atoms with Crippen molar-refractivity contribution in [2.45, 2.75) is 19.4 Å². The number of rotatable bonds is 4. The molecule has 4 nitrogen and oxygen atoms in total. The van der Waals surface area contributed by atoms with E-state index >= 15 is 0 Å². The molecule has 5 heteroatoms. The van der Waals surface area contributed by atoms with E-state index in [0.29, 0.717) is 12.2 Å². The SMILES string of the molecule is CC(=O)Oc1cccc([C@H](N)CCO)c1.Cl. The number of ether oxygens (including phenoxy) is 1. The minimum absolute atomic E-state index is 0. The fraction of sp³-hybridized carbons (Fsp3) is 0.364. The van der Waals surface area contributed by atoms with Gasteiger partial charge < -0.3 is 15.6 Å². The molecule has 0 radical (unpaired) electrons. The molecular formula is C11H16ClNO3. The lowest BCUT2D eigenvalue weighted by Gasteiger charge is -2.11. The van der Waals surface area contributed by atoms with Crippen molar-refractivity contribution in [2.24, 2.45) is 5.73 Å². The zero-order chi connectivity index (χ0) is 11.3. The van der Waals surface area contributed by atoms with Gasteiger partial charge in [-0.2, -0.15) is 0 Å². The maximum absolute atomic E-state index is 10.7. The van der Waals surface area contributed by atoms with E-state index in [2.05, 4.69) is 0 Å². The molecule has 0 saturated carbocycles. The number of esters is 1. The summed E-state index contributed by atoms with van der Waals surface area (Å²) in [5.41, 5.74) is 6.65. The molecule has 0 bridgehead atoms. The van der Waals surface area contributed by atoms with Gasteiger partial charge in [0.2, 0.25) is 0 Å². The third kappa shape index (κ3) is 4.61. The van der Waals surface area contributed by atoms with Gasteiger partial charge in [-0.25, -0.2) is 0 Å². The van der Waals surface area contributed by atoms with Gasteiger partial charge in [0.05, 0.1) is 0 Å². The lowest BCUT2D eigenvalue weighted by Crippen LogP contribution is -2.12. The van der Waals surface area contributed by atoms with Crippen LogP contribution in [0.1, 0.15) is 24.9 Å². The highest BCUT2D eigenvalue weighted by Gasteiger charge is 2.06. The second-order valence-electron chi connectivity index (χ2n) is 3.28. The van der Waals surface area contributed by atoms with Crippen LogP contribution in [0.25, 0.3) is 0 Å². The van der Waals surface area contributed by atoms with E-state index in [1.807, 2.05) is 6.07 Å². The quantitative estimate of drug-likeness (QED) is 0.622. The highest BCUT2D eigenvalue weighted by Crippen LogP contribution is 2.19. The van der Waals surface area contributed by atoms with Gasteiger partial charge in [-0.3, -0.25) is 4.79 Å². The van der Waals surface area contributed by atoms with Gasteiger partial charge in [-0.15, -0.1) is 12.4 Å². The summed E-state index contributed by atoms with van der Waals surface area (Å²) in [7, 11) is 0. The third-order valence-corrected chi connectivity index (χ3v) is 1.99. The van der Waals surface area contributed by atoms with Crippen LogP contribution in [-0.4, -0.2) is 17.7 Å². The molecule has 90 valence electrons. The lowest BCUT2D eigenvalue weighted by molar-refractivity contribution is -0.131. The van der Waals surface area contributed by atoms with E-state index in [-0.39, 0.29) is 31.0 Å². The normalized spacial score (nSPS) is 11.4. The summed E-state index contributed by atoms with van der Waals surface area (Å²) in [6.07, 6.45) is 0.490. The summed E-state index contributed by atoms with van der Waals surface area (Å²) in [6.45, 7) is 1.39. The zero-order valence-corrected chi connectivity index (χ0v) is 9.87. The number of aliphatic hydroxyl groups excluding tert-OH is 1. The molecule has 0 fully saturated rings. The first-order chi connectivity index (χ1) is 7.13. The van der Waals surface area contributed by atoms with Crippen molar-refractivity contribution < 1.29 is 14.6 Å². The van der Waals surface area contributed by atoms with Crippen LogP contribution in [0.3, 0.4) is 0 Å². The molecule has 0 aliphatic heterocycles. The number of hydrogen-bond acceptors (Lipinski definition) is 4. The highest BCUT2D eigenvalue weighted by molar-refractivity contribution is 5.85. The van der Waals surface area contributed by atoms with Crippen LogP contribution >= 0.6 is 12.4 Å². The molecule has 16 heavy (non-hydrogen) atoms. The summed E-state index contributed by atoms with van der Waals surface area (Å²) in [5, 5.41) is 8.75. The number of aliphatic hydroxyl groups is 1. The van der Waals surface area contributed by atoms with E-state index in [1.54, 1.807) is 18.2 Å². The molecule has 0 aromatic heterocycles. The van der Waals surface area contributed by atoms with Crippen LogP contribution in [0.5, 0.6) is 5.75 Å². The number of carbonyl (C=O) groups is 1. The van der Waals surface area contributed by atoms with Gasteiger partial charge in [0, 0.05) is 19.6 Å². The summed E-state index contributed by atoms with van der Waals surface area (Å²) < 4.78 is 4.93. The predicted octanol–water partition coefficient (Wildman–Crippen LogP) is 1.42.